The summed E-state index contributed by atoms with van der Waals surface area (Å²) in [7, 11) is 0. The molecule has 3 rings (SSSR count). The molecule has 0 aromatic heterocycles. The van der Waals surface area contributed by atoms with E-state index >= 15 is 0 Å². The van der Waals surface area contributed by atoms with E-state index in [2.05, 4.69) is 15.9 Å². The molecule has 1 aromatic rings. The van der Waals surface area contributed by atoms with Crippen LogP contribution in [0.1, 0.15) is 24.5 Å². The van der Waals surface area contributed by atoms with Gasteiger partial charge in [0, 0.05) is 17.7 Å². The molecule has 104 valence electrons. The lowest BCUT2D eigenvalue weighted by molar-refractivity contribution is 0.00674. The highest BCUT2D eigenvalue weighted by Gasteiger charge is 2.27. The summed E-state index contributed by atoms with van der Waals surface area (Å²) >= 11 is 3.52. The van der Waals surface area contributed by atoms with Crippen LogP contribution in [0.5, 0.6) is 11.5 Å². The van der Waals surface area contributed by atoms with Crippen molar-refractivity contribution in [1.29, 1.82) is 0 Å². The molecule has 1 atom stereocenters. The van der Waals surface area contributed by atoms with Crippen LogP contribution in [0.15, 0.2) is 16.6 Å². The van der Waals surface area contributed by atoms with E-state index in [0.29, 0.717) is 13.2 Å². The summed E-state index contributed by atoms with van der Waals surface area (Å²) in [5, 5.41) is 10.5. The van der Waals surface area contributed by atoms with Gasteiger partial charge in [-0.3, -0.25) is 0 Å². The van der Waals surface area contributed by atoms with Gasteiger partial charge in [0.2, 0.25) is 0 Å². The molecule has 1 saturated heterocycles. The molecule has 0 spiro atoms. The van der Waals surface area contributed by atoms with Crippen molar-refractivity contribution in [2.24, 2.45) is 5.92 Å². The highest BCUT2D eigenvalue weighted by atomic mass is 79.9. The van der Waals surface area contributed by atoms with Crippen LogP contribution in [0, 0.1) is 5.92 Å². The van der Waals surface area contributed by atoms with Crippen molar-refractivity contribution in [3.63, 3.8) is 0 Å². The van der Waals surface area contributed by atoms with Crippen LogP contribution in [-0.4, -0.2) is 31.5 Å². The molecule has 1 unspecified atom stereocenters. The van der Waals surface area contributed by atoms with Crippen molar-refractivity contribution < 1.29 is 19.3 Å². The van der Waals surface area contributed by atoms with Crippen molar-refractivity contribution in [1.82, 2.24) is 0 Å². The number of aliphatic hydroxyl groups is 1. The molecule has 2 aliphatic heterocycles. The third-order valence-electron chi connectivity index (χ3n) is 3.69. The zero-order chi connectivity index (χ0) is 13.2. The van der Waals surface area contributed by atoms with Gasteiger partial charge in [0.25, 0.3) is 0 Å². The van der Waals surface area contributed by atoms with Gasteiger partial charge >= 0.3 is 0 Å². The van der Waals surface area contributed by atoms with E-state index in [4.69, 9.17) is 14.2 Å². The largest absolute Gasteiger partial charge is 0.486 e. The van der Waals surface area contributed by atoms with Crippen LogP contribution in [0.25, 0.3) is 0 Å². The Labute approximate surface area is 120 Å². The van der Waals surface area contributed by atoms with E-state index in [1.54, 1.807) is 0 Å². The minimum atomic E-state index is -0.492. The fourth-order valence-electron chi connectivity index (χ4n) is 2.59. The minimum Gasteiger partial charge on any atom is -0.486 e. The number of rotatable bonds is 2. The first-order chi connectivity index (χ1) is 9.25. The molecule has 0 radical (unpaired) electrons. The maximum Gasteiger partial charge on any atom is 0.162 e. The predicted molar refractivity (Wildman–Crippen MR) is 73.6 cm³/mol. The highest BCUT2D eigenvalue weighted by molar-refractivity contribution is 9.10. The van der Waals surface area contributed by atoms with Crippen LogP contribution >= 0.6 is 15.9 Å². The first-order valence-electron chi connectivity index (χ1n) is 6.60. The van der Waals surface area contributed by atoms with Gasteiger partial charge < -0.3 is 19.3 Å². The minimum absolute atomic E-state index is 0.243. The van der Waals surface area contributed by atoms with Crippen molar-refractivity contribution in [2.75, 3.05) is 26.4 Å². The van der Waals surface area contributed by atoms with Crippen molar-refractivity contribution >= 4 is 15.9 Å². The van der Waals surface area contributed by atoms with Crippen LogP contribution in [0.4, 0.5) is 0 Å². The molecule has 1 N–H and O–H groups in total. The number of benzene rings is 1. The van der Waals surface area contributed by atoms with E-state index in [-0.39, 0.29) is 5.92 Å². The van der Waals surface area contributed by atoms with E-state index in [1.807, 2.05) is 12.1 Å². The molecule has 1 fully saturated rings. The summed E-state index contributed by atoms with van der Waals surface area (Å²) in [6.07, 6.45) is 1.29. The predicted octanol–water partition coefficient (Wildman–Crippen LogP) is 2.68. The summed E-state index contributed by atoms with van der Waals surface area (Å²) in [6.45, 7) is 2.58. The second-order valence-electron chi connectivity index (χ2n) is 4.91. The van der Waals surface area contributed by atoms with Crippen LogP contribution in [0.2, 0.25) is 0 Å². The average molecular weight is 329 g/mol. The maximum atomic E-state index is 10.5. The second kappa shape index (κ2) is 5.69. The lowest BCUT2D eigenvalue weighted by atomic mass is 9.89. The van der Waals surface area contributed by atoms with Gasteiger partial charge in [-0.2, -0.15) is 0 Å². The topological polar surface area (TPSA) is 47.9 Å². The van der Waals surface area contributed by atoms with Gasteiger partial charge in [-0.15, -0.1) is 0 Å². The fraction of sp³-hybridized carbons (Fsp3) is 0.571. The molecule has 0 aliphatic carbocycles. The number of halogens is 1. The van der Waals surface area contributed by atoms with Crippen molar-refractivity contribution in [3.8, 4) is 11.5 Å². The Morgan fingerprint density at radius 2 is 1.68 bits per heavy atom. The number of fused-ring (bicyclic) bond motifs is 1. The van der Waals surface area contributed by atoms with Gasteiger partial charge in [0.15, 0.2) is 11.5 Å². The molecule has 0 bridgehead atoms. The van der Waals surface area contributed by atoms with Gasteiger partial charge in [-0.25, -0.2) is 0 Å². The zero-order valence-electron chi connectivity index (χ0n) is 10.6. The third-order valence-corrected chi connectivity index (χ3v) is 4.38. The number of hydrogen-bond acceptors (Lipinski definition) is 4. The van der Waals surface area contributed by atoms with Crippen LogP contribution in [-0.2, 0) is 4.74 Å². The molecule has 4 nitrogen and oxygen atoms in total. The Hall–Kier alpha value is -0.780. The molecule has 2 heterocycles. The van der Waals surface area contributed by atoms with E-state index < -0.39 is 6.10 Å². The molecule has 1 aromatic carbocycles. The Morgan fingerprint density at radius 3 is 2.37 bits per heavy atom. The molecular weight excluding hydrogens is 312 g/mol. The lowest BCUT2D eigenvalue weighted by Gasteiger charge is -2.28. The quantitative estimate of drug-likeness (QED) is 0.906. The second-order valence-corrected chi connectivity index (χ2v) is 5.77. The Kier molecular flexibility index (Phi) is 3.96. The Morgan fingerprint density at radius 1 is 1.05 bits per heavy atom. The van der Waals surface area contributed by atoms with Crippen molar-refractivity contribution in [3.05, 3.63) is 22.2 Å². The number of aliphatic hydroxyl groups excluding tert-OH is 1. The number of hydrogen-bond donors (Lipinski definition) is 1. The average Bonchev–Trinajstić information content (AvgIpc) is 2.47. The number of ether oxygens (including phenoxy) is 3. The SMILES string of the molecule is OC(c1cc2c(cc1Br)OCCO2)C1CCOCC1. The Balaban J connectivity index is 1.86. The fourth-order valence-corrected chi connectivity index (χ4v) is 3.15. The third kappa shape index (κ3) is 2.73. The molecule has 5 heteroatoms. The zero-order valence-corrected chi connectivity index (χ0v) is 12.2. The monoisotopic (exact) mass is 328 g/mol. The molecule has 0 saturated carbocycles. The maximum absolute atomic E-state index is 10.5. The standard InChI is InChI=1S/C14H17BrO4/c15-11-8-13-12(18-5-6-19-13)7-10(11)14(16)9-1-3-17-4-2-9/h7-9,14,16H,1-6H2. The van der Waals surface area contributed by atoms with E-state index in [0.717, 1.165) is 47.6 Å². The van der Waals surface area contributed by atoms with E-state index in [1.165, 1.54) is 0 Å². The summed E-state index contributed by atoms with van der Waals surface area (Å²) in [4.78, 5) is 0. The summed E-state index contributed by atoms with van der Waals surface area (Å²) < 4.78 is 17.3. The first-order valence-corrected chi connectivity index (χ1v) is 7.40. The Bertz CT molecular complexity index is 457. The normalized spacial score (nSPS) is 21.2. The van der Waals surface area contributed by atoms with E-state index in [9.17, 15) is 5.11 Å². The highest BCUT2D eigenvalue weighted by Crippen LogP contribution is 2.41. The summed E-state index contributed by atoms with van der Waals surface area (Å²) in [6, 6.07) is 3.77. The summed E-state index contributed by atoms with van der Waals surface area (Å²) in [5.41, 5.74) is 0.871. The van der Waals surface area contributed by atoms with Crippen LogP contribution < -0.4 is 9.47 Å². The van der Waals surface area contributed by atoms with Gasteiger partial charge in [0.05, 0.1) is 6.10 Å². The first kappa shape index (κ1) is 13.2. The van der Waals surface area contributed by atoms with Gasteiger partial charge in [-0.05, 0) is 36.5 Å². The summed E-state index contributed by atoms with van der Waals surface area (Å²) in [5.74, 6) is 1.70. The van der Waals surface area contributed by atoms with Crippen LogP contribution in [0.3, 0.4) is 0 Å². The smallest absolute Gasteiger partial charge is 0.162 e. The van der Waals surface area contributed by atoms with Crippen molar-refractivity contribution in [2.45, 2.75) is 18.9 Å². The molecule has 0 amide bonds. The lowest BCUT2D eigenvalue weighted by Crippen LogP contribution is -2.22. The van der Waals surface area contributed by atoms with Gasteiger partial charge in [0.1, 0.15) is 13.2 Å². The molecule has 2 aliphatic rings. The molecule has 19 heavy (non-hydrogen) atoms. The molecular formula is C14H17BrO4. The van der Waals surface area contributed by atoms with Gasteiger partial charge in [-0.1, -0.05) is 15.9 Å².